The molecule has 0 radical (unpaired) electrons. The van der Waals surface area contributed by atoms with Crippen molar-refractivity contribution < 1.29 is 0 Å². The SMILES string of the molecule is Cc1cc(NN2C(C)CCCC2C)c2cc(N)ccc2n1. The molecule has 1 saturated heterocycles. The van der Waals surface area contributed by atoms with E-state index >= 15 is 0 Å². The van der Waals surface area contributed by atoms with E-state index in [1.165, 1.54) is 19.3 Å². The molecule has 112 valence electrons. The Morgan fingerprint density at radius 1 is 1.19 bits per heavy atom. The number of benzene rings is 1. The van der Waals surface area contributed by atoms with E-state index in [-0.39, 0.29) is 0 Å². The zero-order valence-electron chi connectivity index (χ0n) is 13.1. The van der Waals surface area contributed by atoms with Gasteiger partial charge in [0, 0.05) is 28.9 Å². The molecule has 2 aromatic rings. The van der Waals surface area contributed by atoms with Crippen molar-refractivity contribution in [3.05, 3.63) is 30.0 Å². The Balaban J connectivity index is 2.01. The minimum atomic E-state index is 0.540. The van der Waals surface area contributed by atoms with Crippen molar-refractivity contribution in [1.82, 2.24) is 9.99 Å². The van der Waals surface area contributed by atoms with Crippen molar-refractivity contribution in [2.24, 2.45) is 0 Å². The summed E-state index contributed by atoms with van der Waals surface area (Å²) in [5, 5.41) is 3.46. The van der Waals surface area contributed by atoms with Gasteiger partial charge in [0.15, 0.2) is 0 Å². The fourth-order valence-electron chi connectivity index (χ4n) is 3.25. The van der Waals surface area contributed by atoms with Crippen LogP contribution in [0.15, 0.2) is 24.3 Å². The average molecular weight is 284 g/mol. The number of anilines is 2. The molecule has 0 bridgehead atoms. The van der Waals surface area contributed by atoms with Crippen molar-refractivity contribution in [1.29, 1.82) is 0 Å². The molecule has 4 heteroatoms. The zero-order valence-corrected chi connectivity index (χ0v) is 13.1. The average Bonchev–Trinajstić information content (AvgIpc) is 2.43. The van der Waals surface area contributed by atoms with Crippen LogP contribution in [0.5, 0.6) is 0 Å². The molecule has 4 nitrogen and oxygen atoms in total. The van der Waals surface area contributed by atoms with Crippen LogP contribution >= 0.6 is 0 Å². The molecule has 3 rings (SSSR count). The Labute approximate surface area is 126 Å². The van der Waals surface area contributed by atoms with Gasteiger partial charge in [-0.2, -0.15) is 0 Å². The van der Waals surface area contributed by atoms with Crippen LogP contribution in [0.4, 0.5) is 11.4 Å². The Morgan fingerprint density at radius 2 is 1.90 bits per heavy atom. The van der Waals surface area contributed by atoms with E-state index in [0.717, 1.165) is 28.0 Å². The number of hydrogen-bond donors (Lipinski definition) is 2. The summed E-state index contributed by atoms with van der Waals surface area (Å²) < 4.78 is 0. The van der Waals surface area contributed by atoms with Gasteiger partial charge in [0.05, 0.1) is 11.2 Å². The Kier molecular flexibility index (Phi) is 3.72. The first-order chi connectivity index (χ1) is 10.0. The summed E-state index contributed by atoms with van der Waals surface area (Å²) in [7, 11) is 0. The van der Waals surface area contributed by atoms with E-state index in [2.05, 4.69) is 35.3 Å². The smallest absolute Gasteiger partial charge is 0.0727 e. The number of hydrogen-bond acceptors (Lipinski definition) is 4. The molecular weight excluding hydrogens is 260 g/mol. The second-order valence-electron chi connectivity index (χ2n) is 6.24. The zero-order chi connectivity index (χ0) is 15.0. The van der Waals surface area contributed by atoms with Crippen LogP contribution in [0.2, 0.25) is 0 Å². The lowest BCUT2D eigenvalue weighted by molar-refractivity contribution is 0.136. The summed E-state index contributed by atoms with van der Waals surface area (Å²) in [5.74, 6) is 0. The summed E-state index contributed by atoms with van der Waals surface area (Å²) in [4.78, 5) is 4.59. The maximum atomic E-state index is 5.95. The number of nitrogen functional groups attached to an aromatic ring is 1. The van der Waals surface area contributed by atoms with Gasteiger partial charge in [-0.3, -0.25) is 4.98 Å². The molecule has 0 amide bonds. The third kappa shape index (κ3) is 2.81. The molecule has 0 aliphatic carbocycles. The summed E-state index contributed by atoms with van der Waals surface area (Å²) in [5.41, 5.74) is 13.5. The van der Waals surface area contributed by atoms with Gasteiger partial charge in [-0.15, -0.1) is 0 Å². The molecule has 1 aliphatic heterocycles. The second-order valence-corrected chi connectivity index (χ2v) is 6.24. The maximum absolute atomic E-state index is 5.95. The number of fused-ring (bicyclic) bond motifs is 1. The molecule has 1 aromatic heterocycles. The van der Waals surface area contributed by atoms with Crippen LogP contribution in [-0.2, 0) is 0 Å². The highest BCUT2D eigenvalue weighted by Crippen LogP contribution is 2.29. The number of nitrogens with zero attached hydrogens (tertiary/aromatic N) is 2. The molecule has 21 heavy (non-hydrogen) atoms. The van der Waals surface area contributed by atoms with Gasteiger partial charge >= 0.3 is 0 Å². The van der Waals surface area contributed by atoms with Crippen LogP contribution in [0.3, 0.4) is 0 Å². The fourth-order valence-corrected chi connectivity index (χ4v) is 3.25. The number of rotatable bonds is 2. The van der Waals surface area contributed by atoms with Gasteiger partial charge < -0.3 is 11.2 Å². The van der Waals surface area contributed by atoms with Gasteiger partial charge in [0.25, 0.3) is 0 Å². The minimum Gasteiger partial charge on any atom is -0.399 e. The summed E-state index contributed by atoms with van der Waals surface area (Å²) in [6, 6.07) is 9.09. The van der Waals surface area contributed by atoms with Gasteiger partial charge in [0.1, 0.15) is 0 Å². The normalized spacial score (nSPS) is 23.4. The van der Waals surface area contributed by atoms with Gasteiger partial charge in [-0.05, 0) is 57.9 Å². The van der Waals surface area contributed by atoms with Gasteiger partial charge in [-0.1, -0.05) is 6.42 Å². The molecule has 3 N–H and O–H groups in total. The highest BCUT2D eigenvalue weighted by Gasteiger charge is 2.25. The largest absolute Gasteiger partial charge is 0.399 e. The summed E-state index contributed by atoms with van der Waals surface area (Å²) in [6.07, 6.45) is 3.78. The topological polar surface area (TPSA) is 54.2 Å². The van der Waals surface area contributed by atoms with Crippen molar-refractivity contribution in [2.45, 2.75) is 52.1 Å². The van der Waals surface area contributed by atoms with Crippen molar-refractivity contribution in [3.8, 4) is 0 Å². The lowest BCUT2D eigenvalue weighted by Crippen LogP contribution is -2.47. The number of nitrogens with one attached hydrogen (secondary N) is 1. The first-order valence-corrected chi connectivity index (χ1v) is 7.76. The number of aromatic nitrogens is 1. The van der Waals surface area contributed by atoms with E-state index in [0.29, 0.717) is 12.1 Å². The number of pyridine rings is 1. The number of nitrogens with two attached hydrogens (primary N) is 1. The highest BCUT2D eigenvalue weighted by molar-refractivity contribution is 5.93. The van der Waals surface area contributed by atoms with Crippen LogP contribution in [0.25, 0.3) is 10.9 Å². The van der Waals surface area contributed by atoms with E-state index in [4.69, 9.17) is 5.73 Å². The highest BCUT2D eigenvalue weighted by atomic mass is 15.5. The minimum absolute atomic E-state index is 0.540. The predicted molar refractivity (Wildman–Crippen MR) is 89.1 cm³/mol. The lowest BCUT2D eigenvalue weighted by Gasteiger charge is -2.39. The van der Waals surface area contributed by atoms with E-state index in [1.807, 2.05) is 25.1 Å². The van der Waals surface area contributed by atoms with Crippen LogP contribution in [-0.4, -0.2) is 22.1 Å². The van der Waals surface area contributed by atoms with Crippen molar-refractivity contribution in [2.75, 3.05) is 11.2 Å². The molecule has 2 heterocycles. The fraction of sp³-hybridized carbons (Fsp3) is 0.471. The molecule has 2 atom stereocenters. The maximum Gasteiger partial charge on any atom is 0.0727 e. The van der Waals surface area contributed by atoms with Crippen molar-refractivity contribution >= 4 is 22.3 Å². The Bertz CT molecular complexity index is 643. The molecular formula is C17H24N4. The third-order valence-corrected chi connectivity index (χ3v) is 4.40. The summed E-state index contributed by atoms with van der Waals surface area (Å²) in [6.45, 7) is 6.60. The molecule has 1 aliphatic rings. The number of aryl methyl sites for hydroxylation is 1. The molecule has 2 unspecified atom stereocenters. The monoisotopic (exact) mass is 284 g/mol. The van der Waals surface area contributed by atoms with E-state index in [9.17, 15) is 0 Å². The lowest BCUT2D eigenvalue weighted by atomic mass is 10.00. The van der Waals surface area contributed by atoms with E-state index in [1.54, 1.807) is 0 Å². The van der Waals surface area contributed by atoms with Gasteiger partial charge in [0.2, 0.25) is 0 Å². The molecule has 0 saturated carbocycles. The Hall–Kier alpha value is -1.81. The molecule has 0 spiro atoms. The first-order valence-electron chi connectivity index (χ1n) is 7.76. The quantitative estimate of drug-likeness (QED) is 0.825. The number of piperidine rings is 1. The second kappa shape index (κ2) is 5.53. The number of hydrazine groups is 1. The first kappa shape index (κ1) is 14.1. The van der Waals surface area contributed by atoms with Crippen LogP contribution in [0, 0.1) is 6.92 Å². The Morgan fingerprint density at radius 3 is 2.62 bits per heavy atom. The van der Waals surface area contributed by atoms with Crippen LogP contribution in [0.1, 0.15) is 38.8 Å². The summed E-state index contributed by atoms with van der Waals surface area (Å²) >= 11 is 0. The van der Waals surface area contributed by atoms with Crippen LogP contribution < -0.4 is 11.2 Å². The standard InChI is InChI=1S/C17H24N4/c1-11-9-17(15-10-14(18)7-8-16(15)19-11)20-21-12(2)5-4-6-13(21)3/h7-10,12-13H,4-6,18H2,1-3H3,(H,19,20). The molecule has 1 aromatic carbocycles. The third-order valence-electron chi connectivity index (χ3n) is 4.40. The molecule has 1 fully saturated rings. The van der Waals surface area contributed by atoms with Gasteiger partial charge in [-0.25, -0.2) is 5.01 Å². The van der Waals surface area contributed by atoms with Crippen molar-refractivity contribution in [3.63, 3.8) is 0 Å². The van der Waals surface area contributed by atoms with E-state index < -0.39 is 0 Å². The predicted octanol–water partition coefficient (Wildman–Crippen LogP) is 3.72.